The molecule has 0 atom stereocenters. The highest BCUT2D eigenvalue weighted by Crippen LogP contribution is 2.27. The number of likely N-dealkylation sites (tertiary alicyclic amines) is 1. The molecule has 28 heavy (non-hydrogen) atoms. The van der Waals surface area contributed by atoms with E-state index in [1.165, 1.54) is 15.6 Å². The second-order valence-electron chi connectivity index (χ2n) is 7.52. The molecule has 7 heteroatoms. The topological polar surface area (TPSA) is 75.9 Å². The molecule has 1 aromatic carbocycles. The van der Waals surface area contributed by atoms with Crippen LogP contribution in [-0.4, -0.2) is 43.2 Å². The van der Waals surface area contributed by atoms with Crippen molar-refractivity contribution >= 4 is 16.8 Å². The highest BCUT2D eigenvalue weighted by molar-refractivity contribution is 5.84. The molecule has 1 saturated heterocycles. The molecule has 3 aromatic rings. The van der Waals surface area contributed by atoms with Crippen LogP contribution < -0.4 is 5.69 Å². The molecule has 1 amide bonds. The average Bonchev–Trinajstić information content (AvgIpc) is 3.27. The Kier molecular flexibility index (Phi) is 5.07. The molecular formula is C21H27N5O2. The van der Waals surface area contributed by atoms with Crippen LogP contribution in [-0.2, 0) is 24.8 Å². The quantitative estimate of drug-likeness (QED) is 0.737. The van der Waals surface area contributed by atoms with Crippen molar-refractivity contribution in [1.82, 2.24) is 24.2 Å². The lowest BCUT2D eigenvalue weighted by Crippen LogP contribution is -2.38. The van der Waals surface area contributed by atoms with Crippen LogP contribution in [0.1, 0.15) is 43.5 Å². The summed E-state index contributed by atoms with van der Waals surface area (Å²) in [5.74, 6) is 1.31. The standard InChI is InChI=1S/C21H27N5O2/c1-3-26-20(23-24(2)21(26)28)15-10-12-25(13-11-15)19(27)9-8-16-14-22-18-7-5-4-6-17(16)18/h4-7,14-15,22H,3,8-13H2,1-2H3. The van der Waals surface area contributed by atoms with E-state index in [1.54, 1.807) is 11.6 Å². The zero-order valence-corrected chi connectivity index (χ0v) is 16.5. The molecule has 4 rings (SSSR count). The molecule has 1 N–H and O–H groups in total. The van der Waals surface area contributed by atoms with Crippen LogP contribution in [0.25, 0.3) is 10.9 Å². The number of fused-ring (bicyclic) bond motifs is 1. The summed E-state index contributed by atoms with van der Waals surface area (Å²) in [4.78, 5) is 30.0. The van der Waals surface area contributed by atoms with Crippen molar-refractivity contribution in [2.45, 2.75) is 45.1 Å². The van der Waals surface area contributed by atoms with Gasteiger partial charge in [-0.05, 0) is 37.8 Å². The minimum atomic E-state index is -0.0604. The number of nitrogens with one attached hydrogen (secondary N) is 1. The lowest BCUT2D eigenvalue weighted by Gasteiger charge is -2.31. The summed E-state index contributed by atoms with van der Waals surface area (Å²) in [5.41, 5.74) is 2.25. The van der Waals surface area contributed by atoms with E-state index in [-0.39, 0.29) is 17.5 Å². The van der Waals surface area contributed by atoms with Crippen molar-refractivity contribution in [3.05, 3.63) is 52.3 Å². The van der Waals surface area contributed by atoms with Gasteiger partial charge in [0.25, 0.3) is 0 Å². The van der Waals surface area contributed by atoms with Crippen molar-refractivity contribution in [2.75, 3.05) is 13.1 Å². The maximum atomic E-state index is 12.7. The summed E-state index contributed by atoms with van der Waals surface area (Å²) in [7, 11) is 1.70. The van der Waals surface area contributed by atoms with E-state index in [0.717, 1.165) is 43.7 Å². The van der Waals surface area contributed by atoms with Gasteiger partial charge >= 0.3 is 5.69 Å². The van der Waals surface area contributed by atoms with Gasteiger partial charge in [0.2, 0.25) is 5.91 Å². The van der Waals surface area contributed by atoms with Gasteiger partial charge in [-0.3, -0.25) is 9.36 Å². The molecule has 3 heterocycles. The Morgan fingerprint density at radius 2 is 2.00 bits per heavy atom. The zero-order valence-electron chi connectivity index (χ0n) is 16.5. The third kappa shape index (κ3) is 3.37. The van der Waals surface area contributed by atoms with Gasteiger partial charge in [0.05, 0.1) is 0 Å². The molecule has 1 aliphatic heterocycles. The monoisotopic (exact) mass is 381 g/mol. The molecule has 0 unspecified atom stereocenters. The smallest absolute Gasteiger partial charge is 0.345 e. The van der Waals surface area contributed by atoms with Gasteiger partial charge in [-0.25, -0.2) is 9.48 Å². The van der Waals surface area contributed by atoms with Crippen LogP contribution in [0.3, 0.4) is 0 Å². The average molecular weight is 381 g/mol. The predicted octanol–water partition coefficient (Wildman–Crippen LogP) is 2.42. The first-order chi connectivity index (χ1) is 13.6. The van der Waals surface area contributed by atoms with Gasteiger partial charge < -0.3 is 9.88 Å². The number of nitrogens with zero attached hydrogens (tertiary/aromatic N) is 4. The molecule has 1 aliphatic rings. The van der Waals surface area contributed by atoms with Gasteiger partial charge in [0.15, 0.2) is 0 Å². The fourth-order valence-electron chi connectivity index (χ4n) is 4.25. The third-order valence-corrected chi connectivity index (χ3v) is 5.85. The number of para-hydroxylation sites is 1. The minimum absolute atomic E-state index is 0.0604. The van der Waals surface area contributed by atoms with E-state index < -0.39 is 0 Å². The minimum Gasteiger partial charge on any atom is -0.361 e. The molecule has 7 nitrogen and oxygen atoms in total. The number of benzene rings is 1. The Bertz CT molecular complexity index is 1040. The summed E-state index contributed by atoms with van der Waals surface area (Å²) in [6, 6.07) is 8.19. The summed E-state index contributed by atoms with van der Waals surface area (Å²) < 4.78 is 3.16. The second kappa shape index (κ2) is 7.66. The lowest BCUT2D eigenvalue weighted by molar-refractivity contribution is -0.132. The molecule has 0 aliphatic carbocycles. The molecule has 0 bridgehead atoms. The first-order valence-electron chi connectivity index (χ1n) is 10.0. The number of hydrogen-bond donors (Lipinski definition) is 1. The number of aryl methyl sites for hydroxylation is 2. The third-order valence-electron chi connectivity index (χ3n) is 5.85. The molecular weight excluding hydrogens is 354 g/mol. The van der Waals surface area contributed by atoms with E-state index >= 15 is 0 Å². The number of amides is 1. The predicted molar refractivity (Wildman–Crippen MR) is 108 cm³/mol. The summed E-state index contributed by atoms with van der Waals surface area (Å²) in [6.45, 7) is 4.06. The molecule has 2 aromatic heterocycles. The number of H-pyrrole nitrogens is 1. The zero-order chi connectivity index (χ0) is 19.7. The molecule has 1 fully saturated rings. The van der Waals surface area contributed by atoms with E-state index in [4.69, 9.17) is 0 Å². The second-order valence-corrected chi connectivity index (χ2v) is 7.52. The Morgan fingerprint density at radius 3 is 2.75 bits per heavy atom. The van der Waals surface area contributed by atoms with Gasteiger partial charge in [-0.2, -0.15) is 5.10 Å². The van der Waals surface area contributed by atoms with Crippen LogP contribution in [0.4, 0.5) is 0 Å². The lowest BCUT2D eigenvalue weighted by atomic mass is 9.95. The van der Waals surface area contributed by atoms with Crippen molar-refractivity contribution < 1.29 is 4.79 Å². The molecule has 0 radical (unpaired) electrons. The number of aromatic amines is 1. The number of hydrogen-bond acceptors (Lipinski definition) is 3. The highest BCUT2D eigenvalue weighted by Gasteiger charge is 2.27. The largest absolute Gasteiger partial charge is 0.361 e. The number of carbonyl (C=O) groups excluding carboxylic acids is 1. The normalized spacial score (nSPS) is 15.4. The summed E-state index contributed by atoms with van der Waals surface area (Å²) in [5, 5.41) is 5.63. The Morgan fingerprint density at radius 1 is 1.25 bits per heavy atom. The number of piperidine rings is 1. The first kappa shape index (κ1) is 18.5. The highest BCUT2D eigenvalue weighted by atomic mass is 16.2. The molecule has 148 valence electrons. The van der Waals surface area contributed by atoms with E-state index in [9.17, 15) is 9.59 Å². The van der Waals surface area contributed by atoms with Gasteiger partial charge in [0.1, 0.15) is 5.82 Å². The number of carbonyl (C=O) groups is 1. The maximum absolute atomic E-state index is 12.7. The van der Waals surface area contributed by atoms with Crippen LogP contribution >= 0.6 is 0 Å². The van der Waals surface area contributed by atoms with Crippen molar-refractivity contribution in [3.8, 4) is 0 Å². The Labute approximate surface area is 164 Å². The summed E-state index contributed by atoms with van der Waals surface area (Å²) >= 11 is 0. The van der Waals surface area contributed by atoms with Crippen LogP contribution in [0.15, 0.2) is 35.3 Å². The van der Waals surface area contributed by atoms with Crippen molar-refractivity contribution in [1.29, 1.82) is 0 Å². The fourth-order valence-corrected chi connectivity index (χ4v) is 4.25. The Balaban J connectivity index is 1.35. The molecule has 0 spiro atoms. The SMILES string of the molecule is CCn1c(C2CCN(C(=O)CCc3c[nH]c4ccccc34)CC2)nn(C)c1=O. The Hall–Kier alpha value is -2.83. The van der Waals surface area contributed by atoms with E-state index in [1.807, 2.05) is 30.2 Å². The first-order valence-corrected chi connectivity index (χ1v) is 10.0. The van der Waals surface area contributed by atoms with Crippen molar-refractivity contribution in [2.24, 2.45) is 7.05 Å². The van der Waals surface area contributed by atoms with Gasteiger partial charge in [-0.15, -0.1) is 0 Å². The van der Waals surface area contributed by atoms with E-state index in [0.29, 0.717) is 13.0 Å². The van der Waals surface area contributed by atoms with E-state index in [2.05, 4.69) is 22.2 Å². The molecule has 0 saturated carbocycles. The maximum Gasteiger partial charge on any atom is 0.345 e. The van der Waals surface area contributed by atoms with Gasteiger partial charge in [0, 0.05) is 56.1 Å². The van der Waals surface area contributed by atoms with Crippen LogP contribution in [0.2, 0.25) is 0 Å². The number of rotatable bonds is 5. The summed E-state index contributed by atoms with van der Waals surface area (Å²) in [6.07, 6.45) is 4.99. The van der Waals surface area contributed by atoms with Gasteiger partial charge in [-0.1, -0.05) is 18.2 Å². The van der Waals surface area contributed by atoms with Crippen LogP contribution in [0, 0.1) is 0 Å². The number of aromatic nitrogens is 4. The van der Waals surface area contributed by atoms with Crippen molar-refractivity contribution in [3.63, 3.8) is 0 Å². The van der Waals surface area contributed by atoms with Crippen LogP contribution in [0.5, 0.6) is 0 Å². The fraction of sp³-hybridized carbons (Fsp3) is 0.476.